The fraction of sp³-hybridized carbons (Fsp3) is 0.588. The van der Waals surface area contributed by atoms with Crippen LogP contribution in [-0.2, 0) is 11.3 Å². The third kappa shape index (κ3) is 7.14. The van der Waals surface area contributed by atoms with Gasteiger partial charge < -0.3 is 15.4 Å². The van der Waals surface area contributed by atoms with Gasteiger partial charge in [-0.05, 0) is 52.7 Å². The lowest BCUT2D eigenvalue weighted by Gasteiger charge is -2.22. The molecule has 0 aromatic heterocycles. The molecule has 1 unspecified atom stereocenters. The maximum atomic E-state index is 11.6. The summed E-state index contributed by atoms with van der Waals surface area (Å²) in [6.45, 7) is 13.2. The van der Waals surface area contributed by atoms with Gasteiger partial charge in [0.15, 0.2) is 0 Å². The van der Waals surface area contributed by atoms with Crippen molar-refractivity contribution in [3.63, 3.8) is 0 Å². The molecule has 0 bridgehead atoms. The van der Waals surface area contributed by atoms with E-state index in [1.807, 2.05) is 27.7 Å². The molecule has 4 nitrogen and oxygen atoms in total. The van der Waals surface area contributed by atoms with Crippen LogP contribution in [0.5, 0.6) is 0 Å². The smallest absolute Gasteiger partial charge is 0.407 e. The van der Waals surface area contributed by atoms with E-state index in [2.05, 4.69) is 42.7 Å². The number of carbonyl (C=O) groups excluding carboxylic acids is 1. The molecule has 1 aromatic rings. The normalized spacial score (nSPS) is 12.9. The summed E-state index contributed by atoms with van der Waals surface area (Å²) < 4.78 is 5.23. The Labute approximate surface area is 128 Å². The van der Waals surface area contributed by atoms with Crippen LogP contribution in [0.2, 0.25) is 0 Å². The molecule has 0 radical (unpaired) electrons. The van der Waals surface area contributed by atoms with Crippen LogP contribution in [0, 0.1) is 13.8 Å². The van der Waals surface area contributed by atoms with Crippen molar-refractivity contribution in [3.8, 4) is 0 Å². The van der Waals surface area contributed by atoms with Crippen LogP contribution in [0.1, 0.15) is 44.4 Å². The van der Waals surface area contributed by atoms with E-state index < -0.39 is 5.60 Å². The molecular formula is C17H28N2O2. The average Bonchev–Trinajstić information content (AvgIpc) is 2.31. The summed E-state index contributed by atoms with van der Waals surface area (Å²) in [5.41, 5.74) is 3.37. The van der Waals surface area contributed by atoms with Crippen molar-refractivity contribution >= 4 is 6.09 Å². The Balaban J connectivity index is 2.35. The standard InChI is InChI=1S/C17H28N2O2/c1-12-7-8-13(2)15(9-12)11-18-10-14(3)19-16(20)21-17(4,5)6/h7-9,14,18H,10-11H2,1-6H3,(H,19,20). The van der Waals surface area contributed by atoms with Gasteiger partial charge in [0.2, 0.25) is 0 Å². The average molecular weight is 292 g/mol. The van der Waals surface area contributed by atoms with E-state index in [0.29, 0.717) is 6.54 Å². The van der Waals surface area contributed by atoms with Crippen LogP contribution in [0.25, 0.3) is 0 Å². The van der Waals surface area contributed by atoms with E-state index in [9.17, 15) is 4.79 Å². The summed E-state index contributed by atoms with van der Waals surface area (Å²) in [5.74, 6) is 0. The lowest BCUT2D eigenvalue weighted by molar-refractivity contribution is 0.0508. The molecule has 0 saturated heterocycles. The number of nitrogens with one attached hydrogen (secondary N) is 2. The number of ether oxygens (including phenoxy) is 1. The van der Waals surface area contributed by atoms with Gasteiger partial charge in [0, 0.05) is 19.1 Å². The first-order chi connectivity index (χ1) is 9.67. The Hall–Kier alpha value is -1.55. The largest absolute Gasteiger partial charge is 0.444 e. The van der Waals surface area contributed by atoms with Crippen molar-refractivity contribution in [2.45, 2.75) is 59.7 Å². The number of carbonyl (C=O) groups is 1. The molecule has 0 aliphatic heterocycles. The van der Waals surface area contributed by atoms with Gasteiger partial charge in [0.1, 0.15) is 5.60 Å². The molecule has 0 saturated carbocycles. The minimum Gasteiger partial charge on any atom is -0.444 e. The van der Waals surface area contributed by atoms with Gasteiger partial charge in [0.25, 0.3) is 0 Å². The van der Waals surface area contributed by atoms with Gasteiger partial charge in [-0.1, -0.05) is 23.8 Å². The topological polar surface area (TPSA) is 50.4 Å². The molecule has 1 amide bonds. The highest BCUT2D eigenvalue weighted by molar-refractivity contribution is 5.68. The predicted molar refractivity (Wildman–Crippen MR) is 86.5 cm³/mol. The summed E-state index contributed by atoms with van der Waals surface area (Å²) in [5, 5.41) is 6.19. The first-order valence-corrected chi connectivity index (χ1v) is 7.44. The highest BCUT2D eigenvalue weighted by Crippen LogP contribution is 2.10. The molecule has 0 aliphatic rings. The highest BCUT2D eigenvalue weighted by Gasteiger charge is 2.17. The molecule has 1 atom stereocenters. The molecule has 0 fully saturated rings. The number of alkyl carbamates (subject to hydrolysis) is 1. The molecule has 1 aromatic carbocycles. The van der Waals surface area contributed by atoms with Gasteiger partial charge in [-0.25, -0.2) is 4.79 Å². The van der Waals surface area contributed by atoms with Crippen molar-refractivity contribution in [2.24, 2.45) is 0 Å². The number of amides is 1. The number of benzene rings is 1. The number of rotatable bonds is 5. The second-order valence-electron chi connectivity index (χ2n) is 6.61. The van der Waals surface area contributed by atoms with Gasteiger partial charge in [-0.2, -0.15) is 0 Å². The van der Waals surface area contributed by atoms with E-state index in [4.69, 9.17) is 4.74 Å². The van der Waals surface area contributed by atoms with Gasteiger partial charge in [-0.3, -0.25) is 0 Å². The van der Waals surface area contributed by atoms with Crippen LogP contribution in [-0.4, -0.2) is 24.3 Å². The Bertz CT molecular complexity index is 478. The monoisotopic (exact) mass is 292 g/mol. The second kappa shape index (κ2) is 7.46. The number of hydrogen-bond donors (Lipinski definition) is 2. The Kier molecular flexibility index (Phi) is 6.21. The lowest BCUT2D eigenvalue weighted by Crippen LogP contribution is -2.42. The second-order valence-corrected chi connectivity index (χ2v) is 6.61. The summed E-state index contributed by atoms with van der Waals surface area (Å²) in [6, 6.07) is 6.46. The van der Waals surface area contributed by atoms with Crippen molar-refractivity contribution in [2.75, 3.05) is 6.54 Å². The molecule has 0 spiro atoms. The molecule has 2 N–H and O–H groups in total. The predicted octanol–water partition coefficient (Wildman–Crippen LogP) is 3.31. The van der Waals surface area contributed by atoms with E-state index >= 15 is 0 Å². The zero-order chi connectivity index (χ0) is 16.0. The minimum atomic E-state index is -0.462. The Morgan fingerprint density at radius 1 is 1.29 bits per heavy atom. The third-order valence-corrected chi connectivity index (χ3v) is 3.03. The molecular weight excluding hydrogens is 264 g/mol. The highest BCUT2D eigenvalue weighted by atomic mass is 16.6. The van der Waals surface area contributed by atoms with Crippen LogP contribution < -0.4 is 10.6 Å². The van der Waals surface area contributed by atoms with E-state index in [0.717, 1.165) is 6.54 Å². The summed E-state index contributed by atoms with van der Waals surface area (Å²) in [7, 11) is 0. The maximum Gasteiger partial charge on any atom is 0.407 e. The molecule has 0 heterocycles. The van der Waals surface area contributed by atoms with E-state index in [-0.39, 0.29) is 12.1 Å². The Morgan fingerprint density at radius 2 is 1.95 bits per heavy atom. The molecule has 1 rings (SSSR count). The number of aryl methyl sites for hydroxylation is 2. The van der Waals surface area contributed by atoms with Crippen molar-refractivity contribution in [1.82, 2.24) is 10.6 Å². The van der Waals surface area contributed by atoms with Crippen LogP contribution >= 0.6 is 0 Å². The van der Waals surface area contributed by atoms with Crippen molar-refractivity contribution < 1.29 is 9.53 Å². The zero-order valence-electron chi connectivity index (χ0n) is 14.0. The molecule has 21 heavy (non-hydrogen) atoms. The summed E-state index contributed by atoms with van der Waals surface area (Å²) >= 11 is 0. The zero-order valence-corrected chi connectivity index (χ0v) is 14.0. The summed E-state index contributed by atoms with van der Waals surface area (Å²) in [4.78, 5) is 11.6. The molecule has 118 valence electrons. The van der Waals surface area contributed by atoms with Crippen molar-refractivity contribution in [3.05, 3.63) is 34.9 Å². The van der Waals surface area contributed by atoms with Crippen molar-refractivity contribution in [1.29, 1.82) is 0 Å². The first-order valence-electron chi connectivity index (χ1n) is 7.44. The van der Waals surface area contributed by atoms with Gasteiger partial charge in [-0.15, -0.1) is 0 Å². The van der Waals surface area contributed by atoms with Gasteiger partial charge in [0.05, 0.1) is 0 Å². The Morgan fingerprint density at radius 3 is 2.57 bits per heavy atom. The number of hydrogen-bond acceptors (Lipinski definition) is 3. The lowest BCUT2D eigenvalue weighted by atomic mass is 10.1. The quantitative estimate of drug-likeness (QED) is 0.875. The summed E-state index contributed by atoms with van der Waals surface area (Å²) in [6.07, 6.45) is -0.372. The van der Waals surface area contributed by atoms with Crippen LogP contribution in [0.3, 0.4) is 0 Å². The van der Waals surface area contributed by atoms with E-state index in [1.54, 1.807) is 0 Å². The first kappa shape index (κ1) is 17.5. The fourth-order valence-electron chi connectivity index (χ4n) is 1.97. The third-order valence-electron chi connectivity index (χ3n) is 3.03. The molecule has 4 heteroatoms. The SMILES string of the molecule is Cc1ccc(C)c(CNCC(C)NC(=O)OC(C)(C)C)c1. The maximum absolute atomic E-state index is 11.6. The molecule has 0 aliphatic carbocycles. The van der Waals surface area contributed by atoms with Crippen LogP contribution in [0.15, 0.2) is 18.2 Å². The minimum absolute atomic E-state index is 0.0185. The van der Waals surface area contributed by atoms with Crippen LogP contribution in [0.4, 0.5) is 4.79 Å². The van der Waals surface area contributed by atoms with E-state index in [1.165, 1.54) is 16.7 Å². The van der Waals surface area contributed by atoms with Gasteiger partial charge >= 0.3 is 6.09 Å². The fourth-order valence-corrected chi connectivity index (χ4v) is 1.97.